The van der Waals surface area contributed by atoms with Gasteiger partial charge in [-0.15, -0.1) is 0 Å². The standard InChI is InChI=1S/C33H42BrN3O7/c1-5-12-20(2)36-16-11-7-10-15-24(39)35(4)21(3)27(22-13-8-6-9-14-22)43-32(42)25-26-30(40)37(17-18-38)29(31(36)41)33(26)19-23(34)28(25)44-33/h6-9,11,13-14,19-21,25-29,38H,5,10,12,15-18H2,1-4H3/b11-7-/t20?,21-,25+,26-,27+,28+,29+,33-/m0/s1. The van der Waals surface area contributed by atoms with Crippen LogP contribution in [0.4, 0.5) is 0 Å². The van der Waals surface area contributed by atoms with Gasteiger partial charge in [-0.05, 0) is 38.3 Å². The molecule has 4 aliphatic heterocycles. The summed E-state index contributed by atoms with van der Waals surface area (Å²) in [4.78, 5) is 60.9. The van der Waals surface area contributed by atoms with Gasteiger partial charge in [-0.2, -0.15) is 0 Å². The molecule has 0 aliphatic carbocycles. The number of esters is 1. The van der Waals surface area contributed by atoms with E-state index in [1.807, 2.05) is 63.3 Å². The zero-order valence-electron chi connectivity index (χ0n) is 25.7. The van der Waals surface area contributed by atoms with Crippen molar-refractivity contribution < 1.29 is 33.8 Å². The van der Waals surface area contributed by atoms with Crippen LogP contribution in [0.25, 0.3) is 0 Å². The van der Waals surface area contributed by atoms with Gasteiger partial charge in [0.1, 0.15) is 29.8 Å². The Bertz CT molecular complexity index is 1340. The molecule has 238 valence electrons. The molecular formula is C33H42BrN3O7. The molecule has 5 rings (SSSR count). The Hall–Kier alpha value is -3.02. The average molecular weight is 673 g/mol. The van der Waals surface area contributed by atoms with Crippen LogP contribution in [0.5, 0.6) is 0 Å². The Kier molecular flexibility index (Phi) is 9.67. The normalized spacial score (nSPS) is 34.2. The number of likely N-dealkylation sites (tertiary alicyclic amines) is 1. The van der Waals surface area contributed by atoms with Gasteiger partial charge in [0.2, 0.25) is 17.7 Å². The van der Waals surface area contributed by atoms with E-state index in [1.165, 1.54) is 4.90 Å². The van der Waals surface area contributed by atoms with E-state index in [-0.39, 0.29) is 44.0 Å². The number of carbonyl (C=O) groups is 4. The molecule has 1 aromatic rings. The molecule has 11 heteroatoms. The third kappa shape index (κ3) is 5.51. The molecule has 1 N–H and O–H groups in total. The maximum absolute atomic E-state index is 14.5. The largest absolute Gasteiger partial charge is 0.455 e. The Morgan fingerprint density at radius 2 is 1.82 bits per heavy atom. The van der Waals surface area contributed by atoms with Gasteiger partial charge in [0.25, 0.3) is 0 Å². The number of fused-ring (bicyclic) bond motifs is 2. The first-order chi connectivity index (χ1) is 21.1. The lowest BCUT2D eigenvalue weighted by Gasteiger charge is -2.38. The lowest BCUT2D eigenvalue weighted by molar-refractivity contribution is -0.164. The summed E-state index contributed by atoms with van der Waals surface area (Å²) in [7, 11) is 1.70. The van der Waals surface area contributed by atoms with E-state index in [4.69, 9.17) is 9.47 Å². The summed E-state index contributed by atoms with van der Waals surface area (Å²) in [6.45, 7) is 5.73. The summed E-state index contributed by atoms with van der Waals surface area (Å²) < 4.78 is 13.4. The maximum Gasteiger partial charge on any atom is 0.313 e. The number of nitrogens with zero attached hydrogens (tertiary/aromatic N) is 3. The number of hydrogen-bond donors (Lipinski definition) is 1. The molecule has 44 heavy (non-hydrogen) atoms. The van der Waals surface area contributed by atoms with Crippen LogP contribution in [0.2, 0.25) is 0 Å². The molecule has 1 unspecified atom stereocenters. The number of β-amino-alcohol motifs (C(OH)–C–C–N with tert-alkyl or cyclic N) is 1. The molecule has 0 radical (unpaired) electrons. The van der Waals surface area contributed by atoms with E-state index in [2.05, 4.69) is 15.9 Å². The fourth-order valence-corrected chi connectivity index (χ4v) is 7.98. The van der Waals surface area contributed by atoms with Gasteiger partial charge >= 0.3 is 5.97 Å². The van der Waals surface area contributed by atoms with Crippen molar-refractivity contribution in [2.75, 3.05) is 26.7 Å². The molecular weight excluding hydrogens is 630 g/mol. The number of hydrogen-bond acceptors (Lipinski definition) is 7. The van der Waals surface area contributed by atoms with Crippen LogP contribution >= 0.6 is 15.9 Å². The fraction of sp³-hybridized carbons (Fsp3) is 0.576. The molecule has 0 saturated carbocycles. The predicted molar refractivity (Wildman–Crippen MR) is 166 cm³/mol. The predicted octanol–water partition coefficient (Wildman–Crippen LogP) is 3.35. The highest BCUT2D eigenvalue weighted by Gasteiger charge is 2.75. The second-order valence-electron chi connectivity index (χ2n) is 12.2. The minimum atomic E-state index is -1.40. The van der Waals surface area contributed by atoms with Crippen molar-refractivity contribution >= 4 is 39.6 Å². The topological polar surface area (TPSA) is 117 Å². The number of rotatable bonds is 6. The monoisotopic (exact) mass is 671 g/mol. The average Bonchev–Trinajstić information content (AvgIpc) is 3.60. The van der Waals surface area contributed by atoms with Crippen LogP contribution in [0.1, 0.15) is 58.1 Å². The van der Waals surface area contributed by atoms with Crippen LogP contribution in [0.15, 0.2) is 53.0 Å². The second-order valence-corrected chi connectivity index (χ2v) is 13.1. The van der Waals surface area contributed by atoms with Crippen LogP contribution in [-0.2, 0) is 28.7 Å². The highest BCUT2D eigenvalue weighted by molar-refractivity contribution is 9.11. The number of benzene rings is 1. The summed E-state index contributed by atoms with van der Waals surface area (Å²) in [5.41, 5.74) is -0.689. The molecule has 1 aromatic carbocycles. The van der Waals surface area contributed by atoms with Crippen LogP contribution < -0.4 is 0 Å². The van der Waals surface area contributed by atoms with Gasteiger partial charge in [-0.1, -0.05) is 71.8 Å². The molecule has 4 aliphatic rings. The Balaban J connectivity index is 1.62. The van der Waals surface area contributed by atoms with Crippen molar-refractivity contribution in [3.05, 3.63) is 58.6 Å². The first-order valence-electron chi connectivity index (χ1n) is 15.5. The highest BCUT2D eigenvalue weighted by atomic mass is 79.9. The van der Waals surface area contributed by atoms with E-state index in [9.17, 15) is 24.3 Å². The summed E-state index contributed by atoms with van der Waals surface area (Å²) in [6, 6.07) is 7.51. The summed E-state index contributed by atoms with van der Waals surface area (Å²) in [5, 5.41) is 9.97. The van der Waals surface area contributed by atoms with Crippen molar-refractivity contribution in [1.29, 1.82) is 0 Å². The van der Waals surface area contributed by atoms with Crippen LogP contribution in [0.3, 0.4) is 0 Å². The number of aliphatic hydroxyl groups is 1. The molecule has 3 amide bonds. The number of carbonyl (C=O) groups excluding carboxylic acids is 4. The number of allylic oxidation sites excluding steroid dienone is 1. The van der Waals surface area contributed by atoms with E-state index >= 15 is 0 Å². The van der Waals surface area contributed by atoms with Crippen molar-refractivity contribution in [1.82, 2.24) is 14.7 Å². The van der Waals surface area contributed by atoms with Crippen LogP contribution in [-0.4, -0.2) is 100 Å². The van der Waals surface area contributed by atoms with Gasteiger partial charge in [0.15, 0.2) is 0 Å². The molecule has 5 bridgehead atoms. The number of halogens is 1. The third-order valence-electron chi connectivity index (χ3n) is 9.60. The molecule has 2 saturated heterocycles. The van der Waals surface area contributed by atoms with Crippen molar-refractivity contribution in [3.8, 4) is 0 Å². The summed E-state index contributed by atoms with van der Waals surface area (Å²) in [6.07, 6.45) is 6.27. The third-order valence-corrected chi connectivity index (χ3v) is 10.3. The quantitative estimate of drug-likeness (QED) is 0.364. The Morgan fingerprint density at radius 3 is 2.50 bits per heavy atom. The smallest absolute Gasteiger partial charge is 0.313 e. The van der Waals surface area contributed by atoms with Gasteiger partial charge in [-0.3, -0.25) is 19.2 Å². The number of cyclic esters (lactones) is 1. The Morgan fingerprint density at radius 1 is 1.09 bits per heavy atom. The summed E-state index contributed by atoms with van der Waals surface area (Å²) in [5.74, 6) is -3.50. The van der Waals surface area contributed by atoms with E-state index in [1.54, 1.807) is 22.9 Å². The molecule has 2 fully saturated rings. The van der Waals surface area contributed by atoms with Gasteiger partial charge in [0, 0.05) is 37.1 Å². The van der Waals surface area contributed by atoms with Gasteiger partial charge in [-0.25, -0.2) is 0 Å². The lowest BCUT2D eigenvalue weighted by atomic mass is 9.74. The zero-order valence-corrected chi connectivity index (χ0v) is 27.3. The SMILES string of the molecule is CCCC(C)N1C/C=C\CCC(=O)N(C)[C@@H](C)[C@H](c2ccccc2)OC(=O)[C@H]2[C@@H]3O[C@@]4(C=C3Br)[C@@H]2C(=O)N(CCO)[C@@H]4C1=O. The van der Waals surface area contributed by atoms with Crippen molar-refractivity contribution in [2.24, 2.45) is 11.8 Å². The van der Waals surface area contributed by atoms with Crippen molar-refractivity contribution in [2.45, 2.75) is 82.4 Å². The first kappa shape index (κ1) is 32.4. The van der Waals surface area contributed by atoms with E-state index in [0.717, 1.165) is 12.8 Å². The van der Waals surface area contributed by atoms with Gasteiger partial charge in [0.05, 0.1) is 18.6 Å². The molecule has 1 spiro atoms. The maximum atomic E-state index is 14.5. The van der Waals surface area contributed by atoms with E-state index < -0.39 is 53.6 Å². The molecule has 8 atom stereocenters. The van der Waals surface area contributed by atoms with Crippen molar-refractivity contribution in [3.63, 3.8) is 0 Å². The zero-order chi connectivity index (χ0) is 31.8. The van der Waals surface area contributed by atoms with Gasteiger partial charge < -0.3 is 29.3 Å². The van der Waals surface area contributed by atoms with E-state index in [0.29, 0.717) is 16.5 Å². The second kappa shape index (κ2) is 13.1. The highest BCUT2D eigenvalue weighted by Crippen LogP contribution is 2.59. The van der Waals surface area contributed by atoms with Crippen LogP contribution in [0, 0.1) is 11.8 Å². The fourth-order valence-electron chi connectivity index (χ4n) is 7.24. The molecule has 4 heterocycles. The number of ether oxygens (including phenoxy) is 2. The Labute approximate surface area is 267 Å². The first-order valence-corrected chi connectivity index (χ1v) is 16.3. The number of aliphatic hydroxyl groups excluding tert-OH is 1. The number of likely N-dealkylation sites (N-methyl/N-ethyl adjacent to an activating group) is 1. The minimum absolute atomic E-state index is 0.0723. The lowest BCUT2D eigenvalue weighted by Crippen LogP contribution is -2.57. The summed E-state index contributed by atoms with van der Waals surface area (Å²) >= 11 is 3.57. The number of amides is 3. The molecule has 10 nitrogen and oxygen atoms in total. The minimum Gasteiger partial charge on any atom is -0.455 e. The molecule has 0 aromatic heterocycles.